The van der Waals surface area contributed by atoms with Crippen molar-refractivity contribution in [3.05, 3.63) is 0 Å². The zero-order valence-corrected chi connectivity index (χ0v) is 5.97. The van der Waals surface area contributed by atoms with Gasteiger partial charge in [-0.1, -0.05) is 0 Å². The summed E-state index contributed by atoms with van der Waals surface area (Å²) in [5.41, 5.74) is 0. The second-order valence-electron chi connectivity index (χ2n) is 1.41. The quantitative estimate of drug-likeness (QED) is 0.496. The van der Waals surface area contributed by atoms with Crippen molar-refractivity contribution in [1.29, 1.82) is 0 Å². The molecule has 0 N–H and O–H groups in total. The fourth-order valence-electron chi connectivity index (χ4n) is 0.227. The van der Waals surface area contributed by atoms with Crippen molar-refractivity contribution in [1.82, 2.24) is 0 Å². The molecular formula is C4H4F4O2S. The van der Waals surface area contributed by atoms with Crippen LogP contribution in [0.1, 0.15) is 0 Å². The van der Waals surface area contributed by atoms with E-state index < -0.39 is 24.1 Å². The van der Waals surface area contributed by atoms with Crippen molar-refractivity contribution in [2.45, 2.75) is 6.18 Å². The van der Waals surface area contributed by atoms with Crippen LogP contribution in [0.2, 0.25) is 0 Å². The molecule has 11 heavy (non-hydrogen) atoms. The topological polar surface area (TPSA) is 26.3 Å². The van der Waals surface area contributed by atoms with E-state index in [0.29, 0.717) is 0 Å². The van der Waals surface area contributed by atoms with Crippen molar-refractivity contribution < 1.29 is 27.1 Å². The first-order valence-electron chi connectivity index (χ1n) is 2.38. The highest BCUT2D eigenvalue weighted by Gasteiger charge is 2.29. The lowest BCUT2D eigenvalue weighted by Crippen LogP contribution is -2.13. The minimum Gasteiger partial charge on any atom is -0.426 e. The predicted octanol–water partition coefficient (Wildman–Crippen LogP) is 2.35. The second kappa shape index (κ2) is 4.42. The molecule has 0 rings (SSSR count). The molecule has 0 saturated heterocycles. The molecule has 0 fully saturated rings. The van der Waals surface area contributed by atoms with Gasteiger partial charge in [0.25, 0.3) is 0 Å². The number of rotatable bonds is 2. The number of ether oxygens (including phenoxy) is 1. The average molecular weight is 192 g/mol. The van der Waals surface area contributed by atoms with E-state index >= 15 is 0 Å². The van der Waals surface area contributed by atoms with Crippen molar-refractivity contribution >= 4 is 17.1 Å². The maximum atomic E-state index is 11.3. The Labute approximate surface area is 63.9 Å². The Bertz CT molecular complexity index is 135. The number of hydrogen-bond acceptors (Lipinski definition) is 3. The summed E-state index contributed by atoms with van der Waals surface area (Å²) >= 11 is -0.118. The van der Waals surface area contributed by atoms with Crippen LogP contribution in [0.15, 0.2) is 0 Å². The highest BCUT2D eigenvalue weighted by Crippen LogP contribution is 2.21. The van der Waals surface area contributed by atoms with Crippen LogP contribution in [-0.4, -0.2) is 24.1 Å². The van der Waals surface area contributed by atoms with Crippen LogP contribution in [0.3, 0.4) is 0 Å². The monoisotopic (exact) mass is 192 g/mol. The summed E-state index contributed by atoms with van der Waals surface area (Å²) in [6, 6.07) is 0. The van der Waals surface area contributed by atoms with Crippen LogP contribution in [0.25, 0.3) is 0 Å². The molecule has 66 valence electrons. The summed E-state index contributed by atoms with van der Waals surface area (Å²) in [6.07, 6.45) is -4.43. The number of halogens is 4. The van der Waals surface area contributed by atoms with Gasteiger partial charge in [-0.15, -0.1) is 0 Å². The largest absolute Gasteiger partial charge is 0.426 e. The van der Waals surface area contributed by atoms with E-state index in [-0.39, 0.29) is 11.8 Å². The van der Waals surface area contributed by atoms with Gasteiger partial charge in [0.15, 0.2) is 0 Å². The van der Waals surface area contributed by atoms with Crippen LogP contribution in [0, 0.1) is 0 Å². The van der Waals surface area contributed by atoms with E-state index in [1.165, 1.54) is 0 Å². The molecule has 0 amide bonds. The summed E-state index contributed by atoms with van der Waals surface area (Å²) in [5.74, 6) is -1.36. The Morgan fingerprint density at radius 1 is 1.45 bits per heavy atom. The molecule has 0 bridgehead atoms. The fraction of sp³-hybridized carbons (Fsp3) is 0.750. The molecule has 0 aliphatic heterocycles. The lowest BCUT2D eigenvalue weighted by molar-refractivity contribution is -0.105. The summed E-state index contributed by atoms with van der Waals surface area (Å²) in [5, 5.41) is -1.26. The van der Waals surface area contributed by atoms with Gasteiger partial charge in [0.1, 0.15) is 5.75 Å². The van der Waals surface area contributed by atoms with Crippen LogP contribution in [-0.2, 0) is 4.74 Å². The predicted molar refractivity (Wildman–Crippen MR) is 31.0 cm³/mol. The highest BCUT2D eigenvalue weighted by molar-refractivity contribution is 8.13. The van der Waals surface area contributed by atoms with Crippen LogP contribution < -0.4 is 0 Å². The Kier molecular flexibility index (Phi) is 4.24. The summed E-state index contributed by atoms with van der Waals surface area (Å²) < 4.78 is 48.7. The van der Waals surface area contributed by atoms with Gasteiger partial charge >= 0.3 is 11.5 Å². The van der Waals surface area contributed by atoms with Gasteiger partial charge in [0, 0.05) is 0 Å². The minimum absolute atomic E-state index is 0.118. The molecule has 0 radical (unpaired) electrons. The van der Waals surface area contributed by atoms with Crippen molar-refractivity contribution in [2.24, 2.45) is 0 Å². The molecule has 2 nitrogen and oxygen atoms in total. The molecule has 0 saturated carbocycles. The van der Waals surface area contributed by atoms with Crippen LogP contribution >= 0.6 is 11.8 Å². The van der Waals surface area contributed by atoms with Crippen molar-refractivity contribution in [3.8, 4) is 0 Å². The van der Waals surface area contributed by atoms with Gasteiger partial charge in [-0.25, -0.2) is 9.18 Å². The Hall–Kier alpha value is -0.460. The smallest absolute Gasteiger partial charge is 0.398 e. The first-order chi connectivity index (χ1) is 4.95. The normalized spacial score (nSPS) is 11.3. The molecular weight excluding hydrogens is 188 g/mol. The number of carbonyl (C=O) groups excluding carboxylic acids is 1. The van der Waals surface area contributed by atoms with Crippen LogP contribution in [0.4, 0.5) is 22.4 Å². The maximum Gasteiger partial charge on any atom is 0.398 e. The Morgan fingerprint density at radius 2 is 2.00 bits per heavy atom. The van der Waals surface area contributed by atoms with E-state index in [4.69, 9.17) is 0 Å². The molecule has 0 heterocycles. The van der Waals surface area contributed by atoms with E-state index in [9.17, 15) is 22.4 Å². The van der Waals surface area contributed by atoms with E-state index in [2.05, 4.69) is 4.74 Å². The standard InChI is InChI=1S/C4H4F4O2S/c5-2-10-3(9)11-1-4(6,7)8/h1-2H2. The lowest BCUT2D eigenvalue weighted by Gasteiger charge is -2.03. The SMILES string of the molecule is O=C(OCF)SCC(F)(F)F. The van der Waals surface area contributed by atoms with Crippen molar-refractivity contribution in [2.75, 3.05) is 12.6 Å². The summed E-state index contributed by atoms with van der Waals surface area (Å²) in [7, 11) is 0. The van der Waals surface area contributed by atoms with Gasteiger partial charge in [-0.3, -0.25) is 0 Å². The van der Waals surface area contributed by atoms with Crippen LogP contribution in [0.5, 0.6) is 0 Å². The molecule has 0 aliphatic carbocycles. The number of carbonyl (C=O) groups is 1. The third-order valence-electron chi connectivity index (χ3n) is 0.526. The fourth-order valence-corrected chi connectivity index (χ4v) is 0.636. The molecule has 7 heteroatoms. The van der Waals surface area contributed by atoms with E-state index in [1.807, 2.05) is 0 Å². The van der Waals surface area contributed by atoms with Gasteiger partial charge in [0.2, 0.25) is 6.86 Å². The van der Waals surface area contributed by atoms with Crippen molar-refractivity contribution in [3.63, 3.8) is 0 Å². The average Bonchev–Trinajstić information content (AvgIpc) is 1.83. The van der Waals surface area contributed by atoms with Gasteiger partial charge in [-0.2, -0.15) is 13.2 Å². The number of alkyl halides is 4. The first-order valence-corrected chi connectivity index (χ1v) is 3.36. The molecule has 0 aromatic rings. The van der Waals surface area contributed by atoms with Gasteiger partial charge in [-0.05, 0) is 11.8 Å². The number of thioether (sulfide) groups is 1. The highest BCUT2D eigenvalue weighted by atomic mass is 32.2. The van der Waals surface area contributed by atoms with E-state index in [1.54, 1.807) is 0 Å². The van der Waals surface area contributed by atoms with Gasteiger partial charge < -0.3 is 4.74 Å². The Balaban J connectivity index is 3.46. The zero-order chi connectivity index (χ0) is 8.91. The Morgan fingerprint density at radius 3 is 2.36 bits per heavy atom. The lowest BCUT2D eigenvalue weighted by atomic mass is 10.8. The molecule has 0 aromatic heterocycles. The maximum absolute atomic E-state index is 11.3. The number of hydrogen-bond donors (Lipinski definition) is 0. The second-order valence-corrected chi connectivity index (χ2v) is 2.32. The third-order valence-corrected chi connectivity index (χ3v) is 1.35. The van der Waals surface area contributed by atoms with Gasteiger partial charge in [0.05, 0.1) is 0 Å². The third kappa shape index (κ3) is 7.44. The van der Waals surface area contributed by atoms with E-state index in [0.717, 1.165) is 0 Å². The molecule has 0 atom stereocenters. The molecule has 0 aliphatic rings. The zero-order valence-electron chi connectivity index (χ0n) is 5.15. The minimum atomic E-state index is -4.43. The molecule has 0 unspecified atom stereocenters. The summed E-state index contributed by atoms with van der Waals surface area (Å²) in [4.78, 5) is 10.1. The first kappa shape index (κ1) is 10.5. The summed E-state index contributed by atoms with van der Waals surface area (Å²) in [6.45, 7) is -1.40. The molecule has 0 aromatic carbocycles. The molecule has 0 spiro atoms.